The molecule has 0 aliphatic heterocycles. The number of aliphatic carboxylic acids is 1. The van der Waals surface area contributed by atoms with Gasteiger partial charge >= 0.3 is 5.97 Å². The lowest BCUT2D eigenvalue weighted by atomic mass is 10.2. The van der Waals surface area contributed by atoms with Gasteiger partial charge < -0.3 is 10.2 Å². The number of carboxylic acid groups (broad SMARTS) is 1. The molecular weight excluding hydrogens is 154 g/mol. The molecule has 0 spiro atoms. The van der Waals surface area contributed by atoms with E-state index in [-0.39, 0.29) is 6.73 Å². The minimum Gasteiger partial charge on any atom is -0.480 e. The number of nitrogens with one attached hydrogen (secondary N) is 1. The van der Waals surface area contributed by atoms with Crippen LogP contribution in [0, 0.1) is 0 Å². The van der Waals surface area contributed by atoms with Crippen molar-refractivity contribution in [3.8, 4) is 0 Å². The van der Waals surface area contributed by atoms with Gasteiger partial charge in [0.2, 0.25) is 0 Å². The van der Waals surface area contributed by atoms with E-state index in [1.165, 1.54) is 0 Å². The molecule has 0 aromatic rings. The molecule has 4 nitrogen and oxygen atoms in total. The van der Waals surface area contributed by atoms with Gasteiger partial charge in [-0.15, -0.1) is 0 Å². The summed E-state index contributed by atoms with van der Waals surface area (Å²) in [4.78, 5) is 10.3. The van der Waals surface area contributed by atoms with E-state index in [0.29, 0.717) is 12.2 Å². The summed E-state index contributed by atoms with van der Waals surface area (Å²) in [6, 6.07) is -0.678. The SMILES string of the molecule is O=C(O)C(CCS)NCO. The average molecular weight is 165 g/mol. The second kappa shape index (κ2) is 5.52. The Morgan fingerprint density at radius 1 is 1.70 bits per heavy atom. The number of carbonyl (C=O) groups is 1. The number of thiol groups is 1. The van der Waals surface area contributed by atoms with Gasteiger partial charge in [-0.2, -0.15) is 12.6 Å². The fraction of sp³-hybridized carbons (Fsp3) is 0.800. The van der Waals surface area contributed by atoms with Crippen LogP contribution in [0.1, 0.15) is 6.42 Å². The van der Waals surface area contributed by atoms with Crippen molar-refractivity contribution in [1.29, 1.82) is 0 Å². The number of aliphatic hydroxyl groups is 1. The third-order valence-corrected chi connectivity index (χ3v) is 1.31. The van der Waals surface area contributed by atoms with Crippen LogP contribution in [0.2, 0.25) is 0 Å². The van der Waals surface area contributed by atoms with Gasteiger partial charge in [0.1, 0.15) is 6.04 Å². The first-order valence-electron chi connectivity index (χ1n) is 2.90. The minimum atomic E-state index is -0.955. The normalized spacial score (nSPS) is 13.0. The van der Waals surface area contributed by atoms with Crippen molar-refractivity contribution in [3.05, 3.63) is 0 Å². The summed E-state index contributed by atoms with van der Waals surface area (Å²) in [5, 5.41) is 19.1. The largest absolute Gasteiger partial charge is 0.480 e. The van der Waals surface area contributed by atoms with Gasteiger partial charge in [0.05, 0.1) is 6.73 Å². The minimum absolute atomic E-state index is 0.315. The zero-order chi connectivity index (χ0) is 7.98. The molecule has 3 N–H and O–H groups in total. The van der Waals surface area contributed by atoms with E-state index in [1.54, 1.807) is 0 Å². The first-order chi connectivity index (χ1) is 4.72. The van der Waals surface area contributed by atoms with E-state index < -0.39 is 12.0 Å². The van der Waals surface area contributed by atoms with Crippen LogP contribution in [0.25, 0.3) is 0 Å². The Kier molecular flexibility index (Phi) is 5.38. The molecule has 60 valence electrons. The molecule has 0 saturated carbocycles. The Balaban J connectivity index is 3.61. The lowest BCUT2D eigenvalue weighted by molar-refractivity contribution is -0.139. The Morgan fingerprint density at radius 3 is 2.60 bits per heavy atom. The van der Waals surface area contributed by atoms with Crippen molar-refractivity contribution < 1.29 is 15.0 Å². The van der Waals surface area contributed by atoms with Crippen LogP contribution < -0.4 is 5.32 Å². The van der Waals surface area contributed by atoms with Crippen LogP contribution >= 0.6 is 12.6 Å². The molecule has 10 heavy (non-hydrogen) atoms. The van der Waals surface area contributed by atoms with E-state index in [0.717, 1.165) is 0 Å². The average Bonchev–Trinajstić information content (AvgIpc) is 1.87. The smallest absolute Gasteiger partial charge is 0.320 e. The van der Waals surface area contributed by atoms with Crippen molar-refractivity contribution in [2.75, 3.05) is 12.5 Å². The van der Waals surface area contributed by atoms with Gasteiger partial charge in [0.15, 0.2) is 0 Å². The first-order valence-corrected chi connectivity index (χ1v) is 3.53. The molecule has 1 unspecified atom stereocenters. The number of rotatable bonds is 5. The van der Waals surface area contributed by atoms with E-state index in [2.05, 4.69) is 17.9 Å². The molecule has 0 amide bonds. The predicted octanol–water partition coefficient (Wildman–Crippen LogP) is -0.701. The highest BCUT2D eigenvalue weighted by Crippen LogP contribution is 1.93. The van der Waals surface area contributed by atoms with Gasteiger partial charge in [0.25, 0.3) is 0 Å². The van der Waals surface area contributed by atoms with Crippen molar-refractivity contribution in [2.24, 2.45) is 0 Å². The highest BCUT2D eigenvalue weighted by Gasteiger charge is 2.13. The van der Waals surface area contributed by atoms with Gasteiger partial charge in [-0.3, -0.25) is 10.1 Å². The Hall–Kier alpha value is -0.260. The molecule has 5 heteroatoms. The zero-order valence-electron chi connectivity index (χ0n) is 5.45. The van der Waals surface area contributed by atoms with E-state index in [4.69, 9.17) is 10.2 Å². The van der Waals surface area contributed by atoms with Crippen molar-refractivity contribution >= 4 is 18.6 Å². The molecule has 0 saturated heterocycles. The van der Waals surface area contributed by atoms with Crippen LogP contribution in [0.4, 0.5) is 0 Å². The molecule has 0 heterocycles. The van der Waals surface area contributed by atoms with Crippen LogP contribution in [-0.4, -0.2) is 34.7 Å². The first kappa shape index (κ1) is 9.74. The topological polar surface area (TPSA) is 69.6 Å². The Labute approximate surface area is 64.7 Å². The molecular formula is C5H11NO3S. The predicted molar refractivity (Wildman–Crippen MR) is 40.1 cm³/mol. The van der Waals surface area contributed by atoms with Gasteiger partial charge in [-0.1, -0.05) is 0 Å². The van der Waals surface area contributed by atoms with E-state index in [1.807, 2.05) is 0 Å². The molecule has 0 rings (SSSR count). The highest BCUT2D eigenvalue weighted by molar-refractivity contribution is 7.80. The lowest BCUT2D eigenvalue weighted by Gasteiger charge is -2.09. The van der Waals surface area contributed by atoms with Crippen LogP contribution in [0.15, 0.2) is 0 Å². The summed E-state index contributed by atoms with van der Waals surface area (Å²) in [5.41, 5.74) is 0. The number of hydrogen-bond donors (Lipinski definition) is 4. The third kappa shape index (κ3) is 3.71. The number of aliphatic hydroxyl groups excluding tert-OH is 1. The maximum absolute atomic E-state index is 10.3. The van der Waals surface area contributed by atoms with Gasteiger partial charge in [-0.25, -0.2) is 0 Å². The summed E-state index contributed by atoms with van der Waals surface area (Å²) < 4.78 is 0. The zero-order valence-corrected chi connectivity index (χ0v) is 6.34. The molecule has 0 aromatic heterocycles. The molecule has 0 bridgehead atoms. The van der Waals surface area contributed by atoms with Gasteiger partial charge in [-0.05, 0) is 12.2 Å². The lowest BCUT2D eigenvalue weighted by Crippen LogP contribution is -2.37. The van der Waals surface area contributed by atoms with Gasteiger partial charge in [0, 0.05) is 0 Å². The van der Waals surface area contributed by atoms with Crippen molar-refractivity contribution in [1.82, 2.24) is 5.32 Å². The number of hydrogen-bond acceptors (Lipinski definition) is 4. The highest BCUT2D eigenvalue weighted by atomic mass is 32.1. The third-order valence-electron chi connectivity index (χ3n) is 1.05. The fourth-order valence-corrected chi connectivity index (χ4v) is 0.810. The Bertz CT molecular complexity index is 103. The molecule has 0 fully saturated rings. The summed E-state index contributed by atoms with van der Waals surface area (Å²) in [7, 11) is 0. The molecule has 0 radical (unpaired) electrons. The fourth-order valence-electron chi connectivity index (χ4n) is 0.552. The second-order valence-corrected chi connectivity index (χ2v) is 2.21. The van der Waals surface area contributed by atoms with Crippen LogP contribution in [-0.2, 0) is 4.79 Å². The number of carboxylic acids is 1. The summed E-state index contributed by atoms with van der Waals surface area (Å²) >= 11 is 3.86. The Morgan fingerprint density at radius 2 is 2.30 bits per heavy atom. The quantitative estimate of drug-likeness (QED) is 0.321. The summed E-state index contributed by atoms with van der Waals surface area (Å²) in [6.45, 7) is -0.315. The standard InChI is InChI=1S/C5H11NO3S/c7-3-6-4(1-2-10)5(8)9/h4,6-7,10H,1-3H2,(H,8,9). The van der Waals surface area contributed by atoms with Crippen molar-refractivity contribution in [3.63, 3.8) is 0 Å². The van der Waals surface area contributed by atoms with Crippen LogP contribution in [0.3, 0.4) is 0 Å². The second-order valence-electron chi connectivity index (χ2n) is 1.77. The maximum atomic E-state index is 10.3. The summed E-state index contributed by atoms with van der Waals surface area (Å²) in [6.07, 6.45) is 0.416. The van der Waals surface area contributed by atoms with Crippen molar-refractivity contribution in [2.45, 2.75) is 12.5 Å². The monoisotopic (exact) mass is 165 g/mol. The molecule has 0 aromatic carbocycles. The molecule has 0 aliphatic carbocycles. The maximum Gasteiger partial charge on any atom is 0.320 e. The molecule has 0 aliphatic rings. The van der Waals surface area contributed by atoms with E-state index >= 15 is 0 Å². The van der Waals surface area contributed by atoms with E-state index in [9.17, 15) is 4.79 Å². The molecule has 1 atom stereocenters. The summed E-state index contributed by atoms with van der Waals surface area (Å²) in [5.74, 6) is -0.465. The van der Waals surface area contributed by atoms with Crippen LogP contribution in [0.5, 0.6) is 0 Å².